The zero-order chi connectivity index (χ0) is 8.97. The molecule has 68 valence electrons. The average Bonchev–Trinajstić information content (AvgIpc) is 2.09. The van der Waals surface area contributed by atoms with Crippen molar-refractivity contribution in [1.82, 2.24) is 0 Å². The zero-order valence-corrected chi connectivity index (χ0v) is 7.58. The van der Waals surface area contributed by atoms with Gasteiger partial charge >= 0.3 is 5.97 Å². The Morgan fingerprint density at radius 2 is 2.17 bits per heavy atom. The van der Waals surface area contributed by atoms with Crippen molar-refractivity contribution in [2.24, 2.45) is 5.92 Å². The van der Waals surface area contributed by atoms with Crippen LogP contribution in [0.25, 0.3) is 0 Å². The Morgan fingerprint density at radius 1 is 1.50 bits per heavy atom. The fourth-order valence-electron chi connectivity index (χ4n) is 1.65. The summed E-state index contributed by atoms with van der Waals surface area (Å²) < 4.78 is 5.20. The first-order chi connectivity index (χ1) is 5.74. The van der Waals surface area contributed by atoms with Gasteiger partial charge in [0.05, 0.1) is 0 Å². The van der Waals surface area contributed by atoms with Crippen molar-refractivity contribution in [2.75, 3.05) is 0 Å². The normalized spacial score (nSPS) is 29.4. The van der Waals surface area contributed by atoms with Crippen LogP contribution < -0.4 is 0 Å². The minimum atomic E-state index is -0.284. The van der Waals surface area contributed by atoms with E-state index in [-0.39, 0.29) is 12.1 Å². The van der Waals surface area contributed by atoms with E-state index in [0.29, 0.717) is 5.92 Å². The Hall–Kier alpha value is -0.790. The Bertz CT molecular complexity index is 175. The molecule has 1 rings (SSSR count). The third-order valence-corrected chi connectivity index (χ3v) is 2.47. The lowest BCUT2D eigenvalue weighted by Gasteiger charge is -2.27. The number of hydrogen-bond donors (Lipinski definition) is 0. The predicted octanol–water partition coefficient (Wildman–Crippen LogP) is 2.29. The highest BCUT2D eigenvalue weighted by Gasteiger charge is 2.23. The molecule has 1 aliphatic carbocycles. The predicted molar refractivity (Wildman–Crippen MR) is 47.7 cm³/mol. The van der Waals surface area contributed by atoms with Crippen LogP contribution in [0.4, 0.5) is 0 Å². The van der Waals surface area contributed by atoms with Crippen LogP contribution >= 0.6 is 0 Å². The van der Waals surface area contributed by atoms with Crippen LogP contribution in [0.1, 0.15) is 32.6 Å². The van der Waals surface area contributed by atoms with Gasteiger partial charge in [0.15, 0.2) is 0 Å². The van der Waals surface area contributed by atoms with Gasteiger partial charge in [-0.25, -0.2) is 4.79 Å². The molecule has 12 heavy (non-hydrogen) atoms. The Kier molecular flexibility index (Phi) is 3.32. The third-order valence-electron chi connectivity index (χ3n) is 2.47. The van der Waals surface area contributed by atoms with Gasteiger partial charge in [0.25, 0.3) is 0 Å². The van der Waals surface area contributed by atoms with Gasteiger partial charge in [0.1, 0.15) is 6.10 Å². The minimum absolute atomic E-state index is 0.129. The molecule has 0 N–H and O–H groups in total. The Balaban J connectivity index is 2.38. The third kappa shape index (κ3) is 2.36. The molecule has 0 saturated heterocycles. The highest BCUT2D eigenvalue weighted by molar-refractivity contribution is 5.81. The molecule has 2 atom stereocenters. The summed E-state index contributed by atoms with van der Waals surface area (Å²) in [7, 11) is 0. The van der Waals surface area contributed by atoms with E-state index in [2.05, 4.69) is 13.5 Å². The van der Waals surface area contributed by atoms with Crippen molar-refractivity contribution in [3.8, 4) is 0 Å². The average molecular weight is 168 g/mol. The summed E-state index contributed by atoms with van der Waals surface area (Å²) in [4.78, 5) is 10.9. The van der Waals surface area contributed by atoms with Crippen molar-refractivity contribution in [1.29, 1.82) is 0 Å². The van der Waals surface area contributed by atoms with Crippen LogP contribution in [0, 0.1) is 5.92 Å². The van der Waals surface area contributed by atoms with E-state index >= 15 is 0 Å². The summed E-state index contributed by atoms with van der Waals surface area (Å²) in [6, 6.07) is 0. The molecular weight excluding hydrogens is 152 g/mol. The molecule has 0 spiro atoms. The first-order valence-electron chi connectivity index (χ1n) is 4.57. The van der Waals surface area contributed by atoms with E-state index in [1.165, 1.54) is 25.3 Å². The van der Waals surface area contributed by atoms with E-state index in [0.717, 1.165) is 6.42 Å². The van der Waals surface area contributed by atoms with Gasteiger partial charge in [0, 0.05) is 6.08 Å². The fourth-order valence-corrected chi connectivity index (χ4v) is 1.65. The number of hydrogen-bond acceptors (Lipinski definition) is 2. The van der Waals surface area contributed by atoms with Crippen molar-refractivity contribution < 1.29 is 9.53 Å². The van der Waals surface area contributed by atoms with Crippen molar-refractivity contribution in [2.45, 2.75) is 38.7 Å². The van der Waals surface area contributed by atoms with Crippen molar-refractivity contribution in [3.63, 3.8) is 0 Å². The smallest absolute Gasteiger partial charge is 0.330 e. The lowest BCUT2D eigenvalue weighted by Crippen LogP contribution is -2.27. The molecule has 2 heteroatoms. The summed E-state index contributed by atoms with van der Waals surface area (Å²) in [6.45, 7) is 5.52. The summed E-state index contributed by atoms with van der Waals surface area (Å²) in [6.07, 6.45) is 6.00. The summed E-state index contributed by atoms with van der Waals surface area (Å²) >= 11 is 0. The monoisotopic (exact) mass is 168 g/mol. The maximum Gasteiger partial charge on any atom is 0.330 e. The molecule has 0 aliphatic heterocycles. The quantitative estimate of drug-likeness (QED) is 0.467. The maximum absolute atomic E-state index is 10.9. The molecule has 0 aromatic heterocycles. The molecule has 0 heterocycles. The number of esters is 1. The van der Waals surface area contributed by atoms with Gasteiger partial charge in [-0.3, -0.25) is 0 Å². The number of rotatable bonds is 2. The summed E-state index contributed by atoms with van der Waals surface area (Å²) in [5.74, 6) is 0.233. The molecule has 0 aromatic rings. The highest BCUT2D eigenvalue weighted by atomic mass is 16.5. The second-order valence-electron chi connectivity index (χ2n) is 3.44. The molecular formula is C10H16O2. The Labute approximate surface area is 73.6 Å². The number of ether oxygens (including phenoxy) is 1. The van der Waals surface area contributed by atoms with E-state index in [4.69, 9.17) is 4.74 Å². The van der Waals surface area contributed by atoms with E-state index in [1.54, 1.807) is 0 Å². The first kappa shape index (κ1) is 9.30. The first-order valence-corrected chi connectivity index (χ1v) is 4.57. The molecule has 0 amide bonds. The van der Waals surface area contributed by atoms with Gasteiger partial charge in [-0.15, -0.1) is 0 Å². The second-order valence-corrected chi connectivity index (χ2v) is 3.44. The van der Waals surface area contributed by atoms with Crippen LogP contribution in [-0.4, -0.2) is 12.1 Å². The van der Waals surface area contributed by atoms with Gasteiger partial charge in [-0.1, -0.05) is 19.9 Å². The zero-order valence-electron chi connectivity index (χ0n) is 7.58. The van der Waals surface area contributed by atoms with Gasteiger partial charge in [-0.2, -0.15) is 0 Å². The Morgan fingerprint density at radius 3 is 2.75 bits per heavy atom. The molecule has 0 radical (unpaired) electrons. The number of carbonyl (C=O) groups is 1. The van der Waals surface area contributed by atoms with Crippen LogP contribution in [0.15, 0.2) is 12.7 Å². The van der Waals surface area contributed by atoms with Gasteiger partial charge in [-0.05, 0) is 25.2 Å². The van der Waals surface area contributed by atoms with Crippen LogP contribution in [0.5, 0.6) is 0 Å². The summed E-state index contributed by atoms with van der Waals surface area (Å²) in [5, 5.41) is 0. The lowest BCUT2D eigenvalue weighted by molar-refractivity contribution is -0.147. The number of carbonyl (C=O) groups excluding carboxylic acids is 1. The summed E-state index contributed by atoms with van der Waals surface area (Å²) in [5.41, 5.74) is 0. The minimum Gasteiger partial charge on any atom is -0.459 e. The molecule has 1 saturated carbocycles. The van der Waals surface area contributed by atoms with E-state index in [9.17, 15) is 4.79 Å². The van der Waals surface area contributed by atoms with Crippen LogP contribution in [-0.2, 0) is 9.53 Å². The van der Waals surface area contributed by atoms with Gasteiger partial charge in [0.2, 0.25) is 0 Å². The van der Waals surface area contributed by atoms with E-state index in [1.807, 2.05) is 0 Å². The van der Waals surface area contributed by atoms with Gasteiger partial charge < -0.3 is 4.74 Å². The van der Waals surface area contributed by atoms with Crippen LogP contribution in [0.2, 0.25) is 0 Å². The van der Waals surface area contributed by atoms with E-state index < -0.39 is 0 Å². The second kappa shape index (κ2) is 4.29. The fraction of sp³-hybridized carbons (Fsp3) is 0.700. The molecule has 1 fully saturated rings. The lowest BCUT2D eigenvalue weighted by atomic mass is 9.88. The molecule has 1 aliphatic rings. The standard InChI is InChI=1S/C10H16O2/c1-3-10(11)12-9-7-5-4-6-8(9)2/h3,8-9H,1,4-7H2,2H3. The molecule has 2 nitrogen and oxygen atoms in total. The highest BCUT2D eigenvalue weighted by Crippen LogP contribution is 2.26. The molecule has 0 bridgehead atoms. The maximum atomic E-state index is 10.9. The van der Waals surface area contributed by atoms with Crippen LogP contribution in [0.3, 0.4) is 0 Å². The molecule has 2 unspecified atom stereocenters. The SMILES string of the molecule is C=CC(=O)OC1CCCCC1C. The largest absolute Gasteiger partial charge is 0.459 e. The van der Waals surface area contributed by atoms with Crippen molar-refractivity contribution in [3.05, 3.63) is 12.7 Å². The molecule has 0 aromatic carbocycles. The topological polar surface area (TPSA) is 26.3 Å². The van der Waals surface area contributed by atoms with Crippen molar-refractivity contribution >= 4 is 5.97 Å².